The Labute approximate surface area is 270 Å². The van der Waals surface area contributed by atoms with E-state index < -0.39 is 5.41 Å². The number of hydrogen-bond acceptors (Lipinski definition) is 1. The first-order valence-electron chi connectivity index (χ1n) is 16.0. The Hall–Kier alpha value is -5.66. The molecule has 1 unspecified atom stereocenters. The van der Waals surface area contributed by atoms with Crippen LogP contribution in [0.2, 0.25) is 0 Å². The van der Waals surface area contributed by atoms with Gasteiger partial charge in [-0.3, -0.25) is 0 Å². The van der Waals surface area contributed by atoms with Gasteiger partial charge < -0.3 is 4.74 Å². The number of benzene rings is 7. The summed E-state index contributed by atoms with van der Waals surface area (Å²) in [5.74, 6) is 1.84. The summed E-state index contributed by atoms with van der Waals surface area (Å²) >= 11 is 0. The van der Waals surface area contributed by atoms with Crippen LogP contribution in [0.4, 0.5) is 0 Å². The van der Waals surface area contributed by atoms with E-state index in [0.717, 1.165) is 22.6 Å². The number of hydrogen-bond donors (Lipinski definition) is 0. The summed E-state index contributed by atoms with van der Waals surface area (Å²) in [6, 6.07) is 63.8. The van der Waals surface area contributed by atoms with Gasteiger partial charge in [0.2, 0.25) is 0 Å². The maximum atomic E-state index is 6.79. The third-order valence-corrected chi connectivity index (χ3v) is 10.3. The normalized spacial score (nSPS) is 16.8. The molecular weight excluding hydrogens is 556 g/mol. The van der Waals surface area contributed by atoms with Gasteiger partial charge in [-0.1, -0.05) is 170 Å². The summed E-state index contributed by atoms with van der Waals surface area (Å²) in [5.41, 5.74) is 12.9. The zero-order valence-corrected chi connectivity index (χ0v) is 25.7. The average Bonchev–Trinajstić information content (AvgIpc) is 3.44. The van der Waals surface area contributed by atoms with Crippen molar-refractivity contribution in [2.24, 2.45) is 0 Å². The Bertz CT molecular complexity index is 2190. The highest BCUT2D eigenvalue weighted by Gasteiger charge is 2.46. The maximum absolute atomic E-state index is 6.79. The van der Waals surface area contributed by atoms with Crippen molar-refractivity contribution in [3.8, 4) is 33.8 Å². The summed E-state index contributed by atoms with van der Waals surface area (Å²) in [4.78, 5) is 0. The van der Waals surface area contributed by atoms with Crippen molar-refractivity contribution < 1.29 is 4.74 Å². The molecule has 0 spiro atoms. The van der Waals surface area contributed by atoms with Crippen LogP contribution >= 0.6 is 0 Å². The van der Waals surface area contributed by atoms with Crippen LogP contribution in [0, 0.1) is 0 Å². The average molecular weight is 589 g/mol. The fraction of sp³-hybridized carbons (Fsp3) is 0.0667. The van der Waals surface area contributed by atoms with Crippen molar-refractivity contribution in [1.29, 1.82) is 0 Å². The van der Waals surface area contributed by atoms with Gasteiger partial charge in [-0.15, -0.1) is 0 Å². The van der Waals surface area contributed by atoms with E-state index in [2.05, 4.69) is 183 Å². The molecule has 1 aliphatic carbocycles. The molecule has 2 aliphatic rings. The largest absolute Gasteiger partial charge is 0.456 e. The van der Waals surface area contributed by atoms with E-state index >= 15 is 0 Å². The zero-order valence-electron chi connectivity index (χ0n) is 25.7. The van der Waals surface area contributed by atoms with Gasteiger partial charge >= 0.3 is 0 Å². The van der Waals surface area contributed by atoms with E-state index in [9.17, 15) is 0 Å². The lowest BCUT2D eigenvalue weighted by Crippen LogP contribution is -2.29. The van der Waals surface area contributed by atoms with E-state index in [4.69, 9.17) is 4.74 Å². The van der Waals surface area contributed by atoms with Crippen LogP contribution < -0.4 is 4.74 Å². The molecule has 7 aromatic rings. The SMILES string of the molecule is CC1(c2ccccc2)c2ccccc2Oc2c(-c3ccc(C4(c5ccccc5)c5ccccc5-c5ccccc54)cc3)cccc21. The fourth-order valence-electron chi connectivity index (χ4n) is 8.19. The molecule has 0 fully saturated rings. The number of ether oxygens (including phenoxy) is 1. The fourth-order valence-corrected chi connectivity index (χ4v) is 8.19. The highest BCUT2D eigenvalue weighted by Crippen LogP contribution is 2.57. The van der Waals surface area contributed by atoms with Gasteiger partial charge in [-0.2, -0.15) is 0 Å². The van der Waals surface area contributed by atoms with Crippen LogP contribution in [0.25, 0.3) is 22.3 Å². The van der Waals surface area contributed by atoms with E-state index in [-0.39, 0.29) is 5.41 Å². The molecule has 218 valence electrons. The second-order valence-corrected chi connectivity index (χ2v) is 12.6. The highest BCUT2D eigenvalue weighted by atomic mass is 16.5. The lowest BCUT2D eigenvalue weighted by molar-refractivity contribution is 0.429. The Morgan fingerprint density at radius 1 is 0.370 bits per heavy atom. The zero-order chi connectivity index (χ0) is 30.7. The van der Waals surface area contributed by atoms with Crippen molar-refractivity contribution in [2.75, 3.05) is 0 Å². The molecule has 0 N–H and O–H groups in total. The Kier molecular flexibility index (Phi) is 5.92. The second kappa shape index (κ2) is 10.2. The van der Waals surface area contributed by atoms with Gasteiger partial charge in [-0.05, 0) is 57.5 Å². The predicted molar refractivity (Wildman–Crippen MR) is 188 cm³/mol. The van der Waals surface area contributed by atoms with Crippen molar-refractivity contribution in [3.63, 3.8) is 0 Å². The van der Waals surface area contributed by atoms with Gasteiger partial charge in [0.05, 0.1) is 5.41 Å². The molecule has 0 amide bonds. The molecule has 0 saturated heterocycles. The molecule has 9 rings (SSSR count). The number of para-hydroxylation sites is 2. The second-order valence-electron chi connectivity index (χ2n) is 12.6. The van der Waals surface area contributed by atoms with Gasteiger partial charge in [-0.25, -0.2) is 0 Å². The molecule has 7 aromatic carbocycles. The molecule has 1 aliphatic heterocycles. The number of rotatable bonds is 4. The minimum absolute atomic E-state index is 0.351. The Balaban J connectivity index is 1.23. The molecule has 1 atom stereocenters. The first-order valence-corrected chi connectivity index (χ1v) is 16.0. The Morgan fingerprint density at radius 3 is 1.50 bits per heavy atom. The van der Waals surface area contributed by atoms with Crippen molar-refractivity contribution in [2.45, 2.75) is 17.8 Å². The first-order chi connectivity index (χ1) is 22.7. The van der Waals surface area contributed by atoms with Gasteiger partial charge in [0, 0.05) is 22.1 Å². The lowest BCUT2D eigenvalue weighted by Gasteiger charge is -2.39. The predicted octanol–water partition coefficient (Wildman–Crippen LogP) is 11.2. The van der Waals surface area contributed by atoms with E-state index in [1.54, 1.807) is 0 Å². The van der Waals surface area contributed by atoms with Crippen LogP contribution in [-0.2, 0) is 10.8 Å². The van der Waals surface area contributed by atoms with Crippen molar-refractivity contribution in [1.82, 2.24) is 0 Å². The molecule has 0 radical (unpaired) electrons. The molecule has 1 nitrogen and oxygen atoms in total. The molecule has 1 heteroatoms. The lowest BCUT2D eigenvalue weighted by atomic mass is 9.67. The van der Waals surface area contributed by atoms with Crippen LogP contribution in [0.15, 0.2) is 176 Å². The number of fused-ring (bicyclic) bond motifs is 5. The smallest absolute Gasteiger partial charge is 0.139 e. The van der Waals surface area contributed by atoms with E-state index in [1.807, 2.05) is 0 Å². The molecule has 0 aromatic heterocycles. The third-order valence-electron chi connectivity index (χ3n) is 10.3. The summed E-state index contributed by atoms with van der Waals surface area (Å²) in [6.45, 7) is 2.33. The summed E-state index contributed by atoms with van der Waals surface area (Å²) in [6.07, 6.45) is 0. The van der Waals surface area contributed by atoms with Crippen LogP contribution in [-0.4, -0.2) is 0 Å². The maximum Gasteiger partial charge on any atom is 0.139 e. The van der Waals surface area contributed by atoms with Crippen LogP contribution in [0.1, 0.15) is 45.9 Å². The first kappa shape index (κ1) is 26.7. The topological polar surface area (TPSA) is 9.23 Å². The van der Waals surface area contributed by atoms with Crippen molar-refractivity contribution in [3.05, 3.63) is 215 Å². The van der Waals surface area contributed by atoms with Gasteiger partial charge in [0.15, 0.2) is 0 Å². The van der Waals surface area contributed by atoms with Crippen LogP contribution in [0.5, 0.6) is 11.5 Å². The van der Waals surface area contributed by atoms with Crippen molar-refractivity contribution >= 4 is 0 Å². The quantitative estimate of drug-likeness (QED) is 0.199. The minimum Gasteiger partial charge on any atom is -0.456 e. The Morgan fingerprint density at radius 2 is 0.848 bits per heavy atom. The summed E-state index contributed by atoms with van der Waals surface area (Å²) in [5, 5.41) is 0. The van der Waals surface area contributed by atoms with E-state index in [0.29, 0.717) is 0 Å². The standard InChI is InChI=1S/C45H32O/c1-44(32-15-4-2-5-16-32)40-24-12-13-26-42(40)46-43-35(21-14-25-41(43)44)31-27-29-34(30-28-31)45(33-17-6-3-7-18-33)38-22-10-8-19-36(38)37-20-9-11-23-39(37)45/h2-30H,1H3. The third kappa shape index (κ3) is 3.63. The van der Waals surface area contributed by atoms with E-state index in [1.165, 1.54) is 50.1 Å². The van der Waals surface area contributed by atoms with Crippen LogP contribution in [0.3, 0.4) is 0 Å². The molecule has 46 heavy (non-hydrogen) atoms. The molecule has 1 heterocycles. The van der Waals surface area contributed by atoms with Gasteiger partial charge in [0.25, 0.3) is 0 Å². The monoisotopic (exact) mass is 588 g/mol. The minimum atomic E-state index is -0.412. The summed E-state index contributed by atoms with van der Waals surface area (Å²) < 4.78 is 6.79. The molecule has 0 saturated carbocycles. The highest BCUT2D eigenvalue weighted by molar-refractivity contribution is 5.86. The molecule has 0 bridgehead atoms. The summed E-state index contributed by atoms with van der Waals surface area (Å²) in [7, 11) is 0. The van der Waals surface area contributed by atoms with Gasteiger partial charge in [0.1, 0.15) is 11.5 Å². The molecular formula is C45H32O.